The maximum Gasteiger partial charge on any atom is 0.232 e. The number of aryl methyl sites for hydroxylation is 2. The fourth-order valence-electron chi connectivity index (χ4n) is 2.56. The zero-order chi connectivity index (χ0) is 20.8. The van der Waals surface area contributed by atoms with Gasteiger partial charge >= 0.3 is 0 Å². The maximum atomic E-state index is 12.3. The van der Waals surface area contributed by atoms with Crippen molar-refractivity contribution < 1.29 is 9.59 Å². The Morgan fingerprint density at radius 2 is 1.76 bits per heavy atom. The van der Waals surface area contributed by atoms with Crippen LogP contribution in [0.5, 0.6) is 0 Å². The standard InChI is InChI=1S/C20H22N4O2S3/c1-12-4-5-13(2)14(6-12)9-28-20-23-16(11-29-20)8-18(26)24-19-22-15(10-27-19)7-17(25)21-3/h4-6,10-11H,7-9H2,1-3H3,(H,21,25)(H,22,24,26). The predicted molar refractivity (Wildman–Crippen MR) is 120 cm³/mol. The highest BCUT2D eigenvalue weighted by atomic mass is 32.2. The van der Waals surface area contributed by atoms with Gasteiger partial charge in [0, 0.05) is 23.6 Å². The molecule has 0 aliphatic rings. The van der Waals surface area contributed by atoms with Crippen LogP contribution in [0.15, 0.2) is 33.3 Å². The van der Waals surface area contributed by atoms with Gasteiger partial charge in [-0.25, -0.2) is 9.97 Å². The third-order valence-corrected chi connectivity index (χ3v) is 7.07. The molecular formula is C20H22N4O2S3. The molecule has 2 heterocycles. The maximum absolute atomic E-state index is 12.3. The Kier molecular flexibility index (Phi) is 7.40. The summed E-state index contributed by atoms with van der Waals surface area (Å²) in [6.07, 6.45) is 0.404. The van der Waals surface area contributed by atoms with Gasteiger partial charge in [0.15, 0.2) is 5.13 Å². The van der Waals surface area contributed by atoms with E-state index in [4.69, 9.17) is 0 Å². The van der Waals surface area contributed by atoms with E-state index in [0.29, 0.717) is 10.8 Å². The minimum absolute atomic E-state index is 0.110. The quantitative estimate of drug-likeness (QED) is 0.512. The summed E-state index contributed by atoms with van der Waals surface area (Å²) in [5, 5.41) is 9.52. The van der Waals surface area contributed by atoms with Gasteiger partial charge in [-0.2, -0.15) is 0 Å². The molecule has 0 atom stereocenters. The van der Waals surface area contributed by atoms with Crippen LogP contribution in [0.1, 0.15) is 28.1 Å². The Labute approximate surface area is 182 Å². The van der Waals surface area contributed by atoms with Crippen molar-refractivity contribution in [1.29, 1.82) is 0 Å². The largest absolute Gasteiger partial charge is 0.359 e. The van der Waals surface area contributed by atoms with E-state index in [-0.39, 0.29) is 24.7 Å². The number of hydrogen-bond donors (Lipinski definition) is 2. The van der Waals surface area contributed by atoms with Crippen LogP contribution in [-0.4, -0.2) is 28.8 Å². The monoisotopic (exact) mass is 446 g/mol. The van der Waals surface area contributed by atoms with Gasteiger partial charge in [-0.1, -0.05) is 35.5 Å². The SMILES string of the molecule is CNC(=O)Cc1csc(NC(=O)Cc2csc(SCc3cc(C)ccc3C)n2)n1. The lowest BCUT2D eigenvalue weighted by atomic mass is 10.1. The first-order valence-corrected chi connectivity index (χ1v) is 11.8. The van der Waals surface area contributed by atoms with Crippen molar-refractivity contribution in [2.24, 2.45) is 0 Å². The van der Waals surface area contributed by atoms with E-state index >= 15 is 0 Å². The van der Waals surface area contributed by atoms with Crippen LogP contribution < -0.4 is 10.6 Å². The second kappa shape index (κ2) is 10.00. The van der Waals surface area contributed by atoms with E-state index in [1.165, 1.54) is 28.0 Å². The van der Waals surface area contributed by atoms with E-state index in [9.17, 15) is 9.59 Å². The number of rotatable bonds is 8. The average Bonchev–Trinajstić information content (AvgIpc) is 3.31. The Balaban J connectivity index is 1.51. The van der Waals surface area contributed by atoms with Gasteiger partial charge in [0.05, 0.1) is 24.2 Å². The number of likely N-dealkylation sites (N-methyl/N-ethyl adjacent to an activating group) is 1. The third-order valence-electron chi connectivity index (χ3n) is 4.15. The normalized spacial score (nSPS) is 10.7. The zero-order valence-electron chi connectivity index (χ0n) is 16.4. The Morgan fingerprint density at radius 3 is 2.55 bits per heavy atom. The molecule has 1 aromatic carbocycles. The lowest BCUT2D eigenvalue weighted by molar-refractivity contribution is -0.120. The van der Waals surface area contributed by atoms with Crippen LogP contribution in [0.3, 0.4) is 0 Å². The predicted octanol–water partition coefficient (Wildman–Crippen LogP) is 3.98. The second-order valence-corrected chi connectivity index (χ2v) is 9.48. The summed E-state index contributed by atoms with van der Waals surface area (Å²) in [5.41, 5.74) is 5.23. The van der Waals surface area contributed by atoms with Crippen LogP contribution in [0.2, 0.25) is 0 Å². The van der Waals surface area contributed by atoms with Crippen LogP contribution in [-0.2, 0) is 28.2 Å². The van der Waals surface area contributed by atoms with E-state index < -0.39 is 0 Å². The van der Waals surface area contributed by atoms with Gasteiger partial charge in [0.2, 0.25) is 11.8 Å². The molecule has 3 aromatic rings. The summed E-state index contributed by atoms with van der Waals surface area (Å²) in [7, 11) is 1.58. The number of nitrogens with zero attached hydrogens (tertiary/aromatic N) is 2. The zero-order valence-corrected chi connectivity index (χ0v) is 18.9. The molecule has 0 spiro atoms. The first-order chi connectivity index (χ1) is 13.9. The van der Waals surface area contributed by atoms with Gasteiger partial charge in [-0.3, -0.25) is 9.59 Å². The first-order valence-electron chi connectivity index (χ1n) is 9.01. The number of nitrogens with one attached hydrogen (secondary N) is 2. The van der Waals surface area contributed by atoms with Gasteiger partial charge in [0.1, 0.15) is 4.34 Å². The van der Waals surface area contributed by atoms with Crippen molar-refractivity contribution >= 4 is 51.4 Å². The molecule has 0 aliphatic carbocycles. The van der Waals surface area contributed by atoms with Gasteiger partial charge < -0.3 is 10.6 Å². The highest BCUT2D eigenvalue weighted by Crippen LogP contribution is 2.28. The lowest BCUT2D eigenvalue weighted by Crippen LogP contribution is -2.20. The average molecular weight is 447 g/mol. The summed E-state index contributed by atoms with van der Waals surface area (Å²) >= 11 is 4.55. The molecule has 6 nitrogen and oxygen atoms in total. The van der Waals surface area contributed by atoms with E-state index in [0.717, 1.165) is 15.8 Å². The fraction of sp³-hybridized carbons (Fsp3) is 0.300. The summed E-state index contributed by atoms with van der Waals surface area (Å²) in [4.78, 5) is 32.5. The summed E-state index contributed by atoms with van der Waals surface area (Å²) in [6, 6.07) is 6.46. The number of carbonyl (C=O) groups excluding carboxylic acids is 2. The van der Waals surface area contributed by atoms with Gasteiger partial charge in [-0.15, -0.1) is 22.7 Å². The van der Waals surface area contributed by atoms with Crippen molar-refractivity contribution in [3.8, 4) is 0 Å². The molecule has 0 fully saturated rings. The minimum atomic E-state index is -0.165. The molecule has 29 heavy (non-hydrogen) atoms. The van der Waals surface area contributed by atoms with Crippen molar-refractivity contribution in [3.05, 3.63) is 57.0 Å². The van der Waals surface area contributed by atoms with Crippen LogP contribution >= 0.6 is 34.4 Å². The minimum Gasteiger partial charge on any atom is -0.359 e. The molecule has 3 rings (SSSR count). The number of benzene rings is 1. The van der Waals surface area contributed by atoms with Crippen LogP contribution in [0.25, 0.3) is 0 Å². The molecule has 0 saturated carbocycles. The molecule has 0 unspecified atom stereocenters. The van der Waals surface area contributed by atoms with Gasteiger partial charge in [-0.05, 0) is 25.0 Å². The summed E-state index contributed by atoms with van der Waals surface area (Å²) in [5.74, 6) is 0.587. The molecule has 9 heteroatoms. The summed E-state index contributed by atoms with van der Waals surface area (Å²) < 4.78 is 0.954. The number of thioether (sulfide) groups is 1. The lowest BCUT2D eigenvalue weighted by Gasteiger charge is -2.05. The van der Waals surface area contributed by atoms with Crippen molar-refractivity contribution in [2.75, 3.05) is 12.4 Å². The van der Waals surface area contributed by atoms with E-state index in [2.05, 4.69) is 52.6 Å². The number of carbonyl (C=O) groups is 2. The molecule has 0 bridgehead atoms. The first kappa shape index (κ1) is 21.5. The van der Waals surface area contributed by atoms with Crippen molar-refractivity contribution in [2.45, 2.75) is 36.8 Å². The number of hydrogen-bond acceptors (Lipinski definition) is 7. The molecule has 2 N–H and O–H groups in total. The number of anilines is 1. The smallest absolute Gasteiger partial charge is 0.232 e. The Bertz CT molecular complexity index is 1010. The summed E-state index contributed by atoms with van der Waals surface area (Å²) in [6.45, 7) is 4.21. The molecule has 0 aliphatic heterocycles. The van der Waals surface area contributed by atoms with E-state index in [1.807, 2.05) is 5.38 Å². The molecule has 0 radical (unpaired) electrons. The van der Waals surface area contributed by atoms with Crippen LogP contribution in [0.4, 0.5) is 5.13 Å². The molecular weight excluding hydrogens is 424 g/mol. The number of thiazole rings is 2. The second-order valence-electron chi connectivity index (χ2n) is 6.54. The topological polar surface area (TPSA) is 84.0 Å². The molecule has 152 valence electrons. The van der Waals surface area contributed by atoms with E-state index in [1.54, 1.807) is 35.5 Å². The molecule has 0 saturated heterocycles. The number of amides is 2. The van der Waals surface area contributed by atoms with Crippen LogP contribution in [0, 0.1) is 13.8 Å². The highest BCUT2D eigenvalue weighted by molar-refractivity contribution is 8.00. The fourth-order valence-corrected chi connectivity index (χ4v) is 5.19. The highest BCUT2D eigenvalue weighted by Gasteiger charge is 2.12. The third kappa shape index (κ3) is 6.38. The van der Waals surface area contributed by atoms with Crippen molar-refractivity contribution in [1.82, 2.24) is 15.3 Å². The van der Waals surface area contributed by atoms with Crippen molar-refractivity contribution in [3.63, 3.8) is 0 Å². The number of aromatic nitrogens is 2. The Morgan fingerprint density at radius 1 is 1.03 bits per heavy atom. The molecule has 2 amide bonds. The van der Waals surface area contributed by atoms with Gasteiger partial charge in [0.25, 0.3) is 0 Å². The Hall–Kier alpha value is -2.23. The molecule has 2 aromatic heterocycles.